The van der Waals surface area contributed by atoms with Crippen LogP contribution in [0.4, 0.5) is 19.1 Å². The fraction of sp³-hybridized carbons (Fsp3) is 0.211. The van der Waals surface area contributed by atoms with Gasteiger partial charge < -0.3 is 0 Å². The number of aromatic nitrogens is 6. The van der Waals surface area contributed by atoms with Crippen LogP contribution in [0.3, 0.4) is 0 Å². The molecular formula is C19H15ClF3N7O. The van der Waals surface area contributed by atoms with E-state index >= 15 is 0 Å². The second-order valence-corrected chi connectivity index (χ2v) is 7.20. The van der Waals surface area contributed by atoms with Crippen LogP contribution in [0.1, 0.15) is 33.0 Å². The fourth-order valence-corrected chi connectivity index (χ4v) is 3.26. The highest BCUT2D eigenvalue weighted by molar-refractivity contribution is 6.37. The van der Waals surface area contributed by atoms with Crippen LogP contribution < -0.4 is 5.32 Å². The molecule has 160 valence electrons. The Morgan fingerprint density at radius 1 is 1.19 bits per heavy atom. The van der Waals surface area contributed by atoms with Gasteiger partial charge in [-0.05, 0) is 31.0 Å². The van der Waals surface area contributed by atoms with Gasteiger partial charge in [0.25, 0.3) is 5.91 Å². The largest absolute Gasteiger partial charge is 0.433 e. The molecule has 0 bridgehead atoms. The summed E-state index contributed by atoms with van der Waals surface area (Å²) in [5, 5.41) is 10.00. The Kier molecular flexibility index (Phi) is 5.13. The van der Waals surface area contributed by atoms with Crippen LogP contribution in [-0.4, -0.2) is 35.3 Å². The minimum Gasteiger partial charge on any atom is -0.288 e. The van der Waals surface area contributed by atoms with Crippen molar-refractivity contribution in [2.24, 2.45) is 0 Å². The maximum Gasteiger partial charge on any atom is 0.433 e. The van der Waals surface area contributed by atoms with Gasteiger partial charge in [0.15, 0.2) is 11.3 Å². The number of carbonyl (C=O) groups excluding carboxylic acids is 1. The highest BCUT2D eigenvalue weighted by atomic mass is 35.5. The summed E-state index contributed by atoms with van der Waals surface area (Å²) >= 11 is 6.12. The summed E-state index contributed by atoms with van der Waals surface area (Å²) in [6, 6.07) is 8.56. The third-order valence-electron chi connectivity index (χ3n) is 4.52. The topological polar surface area (TPSA) is 90.0 Å². The van der Waals surface area contributed by atoms with Crippen molar-refractivity contribution < 1.29 is 18.0 Å². The molecule has 0 aliphatic carbocycles. The number of carbonyl (C=O) groups is 1. The Balaban J connectivity index is 1.60. The summed E-state index contributed by atoms with van der Waals surface area (Å²) < 4.78 is 42.1. The number of halogens is 4. The van der Waals surface area contributed by atoms with Gasteiger partial charge >= 0.3 is 6.18 Å². The molecule has 12 heteroatoms. The summed E-state index contributed by atoms with van der Waals surface area (Å²) in [7, 11) is 0. The average molecular weight is 450 g/mol. The Hall–Kier alpha value is -3.47. The predicted molar refractivity (Wildman–Crippen MR) is 106 cm³/mol. The quantitative estimate of drug-likeness (QED) is 0.510. The number of fused-ring (bicyclic) bond motifs is 1. The molecule has 0 saturated heterocycles. The first kappa shape index (κ1) is 20.8. The highest BCUT2D eigenvalue weighted by Gasteiger charge is 2.36. The van der Waals surface area contributed by atoms with Crippen molar-refractivity contribution in [2.45, 2.75) is 26.6 Å². The number of benzene rings is 1. The Morgan fingerprint density at radius 3 is 2.65 bits per heavy atom. The van der Waals surface area contributed by atoms with Gasteiger partial charge in [-0.1, -0.05) is 35.9 Å². The van der Waals surface area contributed by atoms with Crippen molar-refractivity contribution in [2.75, 3.05) is 5.32 Å². The highest BCUT2D eigenvalue weighted by Crippen LogP contribution is 2.32. The third-order valence-corrected chi connectivity index (χ3v) is 4.87. The van der Waals surface area contributed by atoms with Crippen molar-refractivity contribution in [3.63, 3.8) is 0 Å². The summed E-state index contributed by atoms with van der Waals surface area (Å²) in [4.78, 5) is 20.6. The van der Waals surface area contributed by atoms with Crippen LogP contribution in [-0.2, 0) is 12.7 Å². The number of alkyl halides is 3. The van der Waals surface area contributed by atoms with Crippen molar-refractivity contribution in [3.05, 3.63) is 69.9 Å². The molecular weight excluding hydrogens is 435 g/mol. The van der Waals surface area contributed by atoms with Gasteiger partial charge in [-0.15, -0.1) is 5.10 Å². The number of nitrogens with zero attached hydrogens (tertiary/aromatic N) is 6. The third kappa shape index (κ3) is 4.08. The van der Waals surface area contributed by atoms with Crippen LogP contribution in [0.5, 0.6) is 0 Å². The molecule has 0 aliphatic rings. The second kappa shape index (κ2) is 7.65. The zero-order valence-corrected chi connectivity index (χ0v) is 17.0. The lowest BCUT2D eigenvalue weighted by atomic mass is 10.1. The normalized spacial score (nSPS) is 11.8. The first-order chi connectivity index (χ1) is 14.6. The van der Waals surface area contributed by atoms with E-state index in [0.717, 1.165) is 17.2 Å². The molecule has 0 radical (unpaired) electrons. The molecule has 8 nitrogen and oxygen atoms in total. The predicted octanol–water partition coefficient (Wildman–Crippen LogP) is 3.91. The van der Waals surface area contributed by atoms with Crippen LogP contribution >= 0.6 is 11.6 Å². The van der Waals surface area contributed by atoms with Crippen LogP contribution in [0.25, 0.3) is 5.65 Å². The lowest BCUT2D eigenvalue weighted by Gasteiger charge is -2.09. The number of amides is 1. The molecule has 1 N–H and O–H groups in total. The van der Waals surface area contributed by atoms with E-state index < -0.39 is 23.5 Å². The van der Waals surface area contributed by atoms with Gasteiger partial charge in [0, 0.05) is 5.69 Å². The van der Waals surface area contributed by atoms with Gasteiger partial charge in [-0.3, -0.25) is 10.1 Å². The zero-order valence-electron chi connectivity index (χ0n) is 16.3. The minimum atomic E-state index is -4.70. The molecule has 0 fully saturated rings. The monoisotopic (exact) mass is 449 g/mol. The molecule has 0 spiro atoms. The van der Waals surface area contributed by atoms with E-state index in [-0.39, 0.29) is 22.3 Å². The molecule has 0 saturated carbocycles. The van der Waals surface area contributed by atoms with Gasteiger partial charge in [0.1, 0.15) is 17.0 Å². The number of aryl methyl sites for hydroxylation is 2. The lowest BCUT2D eigenvalue weighted by Crippen LogP contribution is -2.16. The van der Waals surface area contributed by atoms with E-state index in [4.69, 9.17) is 11.6 Å². The van der Waals surface area contributed by atoms with E-state index in [1.165, 1.54) is 17.9 Å². The van der Waals surface area contributed by atoms with E-state index in [1.807, 2.05) is 31.2 Å². The van der Waals surface area contributed by atoms with Crippen molar-refractivity contribution in [1.82, 2.24) is 29.4 Å². The molecule has 0 unspecified atom stereocenters. The number of hydrogen-bond acceptors (Lipinski definition) is 5. The average Bonchev–Trinajstić information content (AvgIpc) is 3.27. The van der Waals surface area contributed by atoms with Gasteiger partial charge in [0.05, 0.1) is 6.54 Å². The molecule has 31 heavy (non-hydrogen) atoms. The Morgan fingerprint density at radius 2 is 1.94 bits per heavy atom. The zero-order chi connectivity index (χ0) is 22.3. The molecule has 4 rings (SSSR count). The number of hydrogen-bond donors (Lipinski definition) is 1. The van der Waals surface area contributed by atoms with Crippen molar-refractivity contribution in [1.29, 1.82) is 0 Å². The summed E-state index contributed by atoms with van der Waals surface area (Å²) in [6.45, 7) is 3.79. The van der Waals surface area contributed by atoms with Gasteiger partial charge in [-0.25, -0.2) is 19.2 Å². The van der Waals surface area contributed by atoms with Crippen LogP contribution in [0.2, 0.25) is 5.02 Å². The molecule has 1 amide bonds. The van der Waals surface area contributed by atoms with E-state index in [1.54, 1.807) is 0 Å². The molecule has 1 aromatic carbocycles. The second-order valence-electron chi connectivity index (χ2n) is 6.82. The number of rotatable bonds is 4. The molecule has 4 aromatic rings. The summed E-state index contributed by atoms with van der Waals surface area (Å²) in [6.07, 6.45) is -3.27. The lowest BCUT2D eigenvalue weighted by molar-refractivity contribution is -0.142. The summed E-state index contributed by atoms with van der Waals surface area (Å²) in [5.74, 6) is -0.887. The first-order valence-electron chi connectivity index (χ1n) is 9.02. The molecule has 0 atom stereocenters. The number of nitrogens with one attached hydrogen (secondary N) is 1. The minimum absolute atomic E-state index is 0.0353. The molecule has 0 aliphatic heterocycles. The number of anilines is 1. The van der Waals surface area contributed by atoms with Crippen LogP contribution in [0.15, 0.2) is 36.7 Å². The maximum atomic E-state index is 13.3. The molecule has 3 aromatic heterocycles. The van der Waals surface area contributed by atoms with Gasteiger partial charge in [0.2, 0.25) is 5.95 Å². The standard InChI is InChI=1S/C19H15ClF3N7O/c1-10-5-3-4-6-12(10)8-29-9-24-18(28-29)26-17(31)15-14(20)16-25-11(2)7-13(19(21,22)23)30(16)27-15/h3-7,9H,8H2,1-2H3,(H,26,28,31). The summed E-state index contributed by atoms with van der Waals surface area (Å²) in [5.41, 5.74) is 0.414. The van der Waals surface area contributed by atoms with E-state index in [9.17, 15) is 18.0 Å². The van der Waals surface area contributed by atoms with Crippen molar-refractivity contribution >= 4 is 29.1 Å². The SMILES string of the molecule is Cc1cc(C(F)(F)F)n2nc(C(=O)Nc3ncn(Cc4ccccc4C)n3)c(Cl)c2n1. The maximum absolute atomic E-state index is 13.3. The Bertz CT molecular complexity index is 1300. The van der Waals surface area contributed by atoms with E-state index in [2.05, 4.69) is 25.5 Å². The Labute approximate surface area is 178 Å². The first-order valence-corrected chi connectivity index (χ1v) is 9.39. The molecule has 3 heterocycles. The van der Waals surface area contributed by atoms with E-state index in [0.29, 0.717) is 11.1 Å². The van der Waals surface area contributed by atoms with Crippen molar-refractivity contribution in [3.8, 4) is 0 Å². The fourth-order valence-electron chi connectivity index (χ4n) is 3.01. The smallest absolute Gasteiger partial charge is 0.288 e. The van der Waals surface area contributed by atoms with Crippen LogP contribution in [0, 0.1) is 13.8 Å². The van der Waals surface area contributed by atoms with Gasteiger partial charge in [-0.2, -0.15) is 18.3 Å².